The van der Waals surface area contributed by atoms with Crippen molar-refractivity contribution in [3.8, 4) is 5.75 Å². The van der Waals surface area contributed by atoms with E-state index in [2.05, 4.69) is 23.9 Å². The van der Waals surface area contributed by atoms with Gasteiger partial charge in [0.2, 0.25) is 0 Å². The molecule has 1 N–H and O–H groups in total. The van der Waals surface area contributed by atoms with E-state index in [1.807, 2.05) is 6.07 Å². The van der Waals surface area contributed by atoms with Crippen LogP contribution < -0.4 is 10.1 Å². The average Bonchev–Trinajstić information content (AvgIpc) is 2.16. The molecule has 0 saturated heterocycles. The molecule has 4 heteroatoms. The Kier molecular flexibility index (Phi) is 5.02. The molecule has 1 aromatic rings. The third-order valence-corrected chi connectivity index (χ3v) is 2.11. The minimum Gasteiger partial charge on any atom is -0.435 e. The summed E-state index contributed by atoms with van der Waals surface area (Å²) in [7, 11) is 0. The Bertz CT molecular complexity index is 316. The second-order valence-corrected chi connectivity index (χ2v) is 4.02. The zero-order chi connectivity index (χ0) is 12.0. The summed E-state index contributed by atoms with van der Waals surface area (Å²) in [5, 5.41) is 3.16. The molecule has 0 bridgehead atoms. The lowest BCUT2D eigenvalue weighted by atomic mass is 10.1. The summed E-state index contributed by atoms with van der Waals surface area (Å²) in [4.78, 5) is 0. The predicted octanol–water partition coefficient (Wildman–Crippen LogP) is 3.75. The molecule has 0 spiro atoms. The summed E-state index contributed by atoms with van der Waals surface area (Å²) in [5.74, 6) is 0.803. The monoisotopic (exact) mass is 229 g/mol. The van der Waals surface area contributed by atoms with Crippen LogP contribution in [0.15, 0.2) is 24.3 Å². The van der Waals surface area contributed by atoms with Crippen LogP contribution >= 0.6 is 0 Å². The molecule has 2 nitrogen and oxygen atoms in total. The zero-order valence-electron chi connectivity index (χ0n) is 9.54. The lowest BCUT2D eigenvalue weighted by Crippen LogP contribution is -2.06. The van der Waals surface area contributed by atoms with E-state index in [0.717, 1.165) is 18.7 Å². The summed E-state index contributed by atoms with van der Waals surface area (Å²) in [6.07, 6.45) is 1.04. The Morgan fingerprint density at radius 3 is 2.69 bits per heavy atom. The fourth-order valence-corrected chi connectivity index (χ4v) is 1.29. The standard InChI is InChI=1S/C12H17F2NO/c1-9(2)6-7-15-10-4-3-5-11(8-10)16-12(13)14/h3-5,8-9,12,15H,6-7H2,1-2H3. The number of hydrogen-bond donors (Lipinski definition) is 1. The molecule has 0 aliphatic carbocycles. The smallest absolute Gasteiger partial charge is 0.387 e. The summed E-state index contributed by atoms with van der Waals surface area (Å²) < 4.78 is 28.2. The number of anilines is 1. The summed E-state index contributed by atoms with van der Waals surface area (Å²) in [5.41, 5.74) is 0.804. The van der Waals surface area contributed by atoms with Crippen LogP contribution in [-0.4, -0.2) is 13.2 Å². The van der Waals surface area contributed by atoms with E-state index in [9.17, 15) is 8.78 Å². The Balaban J connectivity index is 2.47. The van der Waals surface area contributed by atoms with Gasteiger partial charge in [0.25, 0.3) is 0 Å². The second kappa shape index (κ2) is 6.30. The molecule has 0 unspecified atom stereocenters. The third-order valence-electron chi connectivity index (χ3n) is 2.11. The third kappa shape index (κ3) is 4.96. The van der Waals surface area contributed by atoms with Gasteiger partial charge in [-0.05, 0) is 24.5 Å². The van der Waals surface area contributed by atoms with Gasteiger partial charge in [0.05, 0.1) is 0 Å². The first-order chi connectivity index (χ1) is 7.58. The molecule has 0 fully saturated rings. The first kappa shape index (κ1) is 12.7. The fourth-order valence-electron chi connectivity index (χ4n) is 1.29. The molecule has 0 heterocycles. The number of rotatable bonds is 6. The number of benzene rings is 1. The van der Waals surface area contributed by atoms with Crippen molar-refractivity contribution < 1.29 is 13.5 Å². The molecule has 0 saturated carbocycles. The van der Waals surface area contributed by atoms with Gasteiger partial charge in [-0.2, -0.15) is 8.78 Å². The molecule has 0 aliphatic heterocycles. The predicted molar refractivity (Wildman–Crippen MR) is 61.0 cm³/mol. The summed E-state index contributed by atoms with van der Waals surface area (Å²) in [6.45, 7) is 2.33. The molecular weight excluding hydrogens is 212 g/mol. The highest BCUT2D eigenvalue weighted by Gasteiger charge is 2.04. The van der Waals surface area contributed by atoms with Crippen LogP contribution in [0.2, 0.25) is 0 Å². The van der Waals surface area contributed by atoms with Crippen molar-refractivity contribution in [2.75, 3.05) is 11.9 Å². The number of nitrogens with one attached hydrogen (secondary N) is 1. The number of ether oxygens (including phenoxy) is 1. The van der Waals surface area contributed by atoms with Crippen molar-refractivity contribution in [3.05, 3.63) is 24.3 Å². The van der Waals surface area contributed by atoms with Gasteiger partial charge in [-0.15, -0.1) is 0 Å². The van der Waals surface area contributed by atoms with E-state index in [1.165, 1.54) is 6.07 Å². The maximum absolute atomic E-state index is 12.0. The van der Waals surface area contributed by atoms with Crippen LogP contribution in [0, 0.1) is 5.92 Å². The van der Waals surface area contributed by atoms with Crippen molar-refractivity contribution >= 4 is 5.69 Å². The van der Waals surface area contributed by atoms with E-state index in [4.69, 9.17) is 0 Å². The highest BCUT2D eigenvalue weighted by atomic mass is 19.3. The van der Waals surface area contributed by atoms with Crippen LogP contribution in [0.4, 0.5) is 14.5 Å². The molecule has 1 aromatic carbocycles. The molecule has 0 amide bonds. The number of alkyl halides is 2. The van der Waals surface area contributed by atoms with Crippen molar-refractivity contribution in [1.82, 2.24) is 0 Å². The quantitative estimate of drug-likeness (QED) is 0.802. The Labute approximate surface area is 94.6 Å². The number of halogens is 2. The van der Waals surface area contributed by atoms with E-state index in [1.54, 1.807) is 12.1 Å². The molecule has 0 aromatic heterocycles. The van der Waals surface area contributed by atoms with Crippen LogP contribution in [0.5, 0.6) is 5.75 Å². The first-order valence-electron chi connectivity index (χ1n) is 5.36. The van der Waals surface area contributed by atoms with Crippen LogP contribution in [0.25, 0.3) is 0 Å². The highest BCUT2D eigenvalue weighted by molar-refractivity contribution is 5.48. The van der Waals surface area contributed by atoms with Crippen molar-refractivity contribution in [2.45, 2.75) is 26.9 Å². The topological polar surface area (TPSA) is 21.3 Å². The lowest BCUT2D eigenvalue weighted by molar-refractivity contribution is -0.0498. The van der Waals surface area contributed by atoms with Crippen LogP contribution in [0.3, 0.4) is 0 Å². The summed E-state index contributed by atoms with van der Waals surface area (Å²) >= 11 is 0. The van der Waals surface area contributed by atoms with Gasteiger partial charge in [0, 0.05) is 18.3 Å². The lowest BCUT2D eigenvalue weighted by Gasteiger charge is -2.10. The normalized spacial score (nSPS) is 10.9. The Morgan fingerprint density at radius 1 is 1.31 bits per heavy atom. The van der Waals surface area contributed by atoms with E-state index in [0.29, 0.717) is 5.92 Å². The van der Waals surface area contributed by atoms with Crippen LogP contribution in [0.1, 0.15) is 20.3 Å². The van der Waals surface area contributed by atoms with Gasteiger partial charge < -0.3 is 10.1 Å². The van der Waals surface area contributed by atoms with E-state index in [-0.39, 0.29) is 5.75 Å². The van der Waals surface area contributed by atoms with Gasteiger partial charge in [-0.1, -0.05) is 19.9 Å². The highest BCUT2D eigenvalue weighted by Crippen LogP contribution is 2.19. The SMILES string of the molecule is CC(C)CCNc1cccc(OC(F)F)c1. The van der Waals surface area contributed by atoms with Crippen molar-refractivity contribution in [1.29, 1.82) is 0 Å². The largest absolute Gasteiger partial charge is 0.435 e. The molecule has 1 rings (SSSR count). The number of hydrogen-bond acceptors (Lipinski definition) is 2. The molecule has 0 radical (unpaired) electrons. The van der Waals surface area contributed by atoms with Gasteiger partial charge in [0.1, 0.15) is 5.75 Å². The molecule has 90 valence electrons. The second-order valence-electron chi connectivity index (χ2n) is 4.02. The van der Waals surface area contributed by atoms with Crippen LogP contribution in [-0.2, 0) is 0 Å². The van der Waals surface area contributed by atoms with Gasteiger partial charge in [0.15, 0.2) is 0 Å². The van der Waals surface area contributed by atoms with Gasteiger partial charge >= 0.3 is 6.61 Å². The van der Waals surface area contributed by atoms with Crippen molar-refractivity contribution in [3.63, 3.8) is 0 Å². The molecular formula is C12H17F2NO. The molecule has 0 aliphatic rings. The maximum Gasteiger partial charge on any atom is 0.387 e. The van der Waals surface area contributed by atoms with E-state index < -0.39 is 6.61 Å². The average molecular weight is 229 g/mol. The van der Waals surface area contributed by atoms with E-state index >= 15 is 0 Å². The zero-order valence-corrected chi connectivity index (χ0v) is 9.54. The van der Waals surface area contributed by atoms with Crippen molar-refractivity contribution in [2.24, 2.45) is 5.92 Å². The Morgan fingerprint density at radius 2 is 2.06 bits per heavy atom. The summed E-state index contributed by atoms with van der Waals surface area (Å²) in [6, 6.07) is 6.61. The molecule has 16 heavy (non-hydrogen) atoms. The fraction of sp³-hybridized carbons (Fsp3) is 0.500. The minimum atomic E-state index is -2.77. The Hall–Kier alpha value is -1.32. The minimum absolute atomic E-state index is 0.185. The van der Waals surface area contributed by atoms with Gasteiger partial charge in [-0.25, -0.2) is 0 Å². The first-order valence-corrected chi connectivity index (χ1v) is 5.36. The molecule has 0 atom stereocenters. The van der Waals surface area contributed by atoms with Gasteiger partial charge in [-0.3, -0.25) is 0 Å². The maximum atomic E-state index is 12.0.